The molecule has 1 N–H and O–H groups in total. The SMILES string of the molecule is CC[C@H](NC(=O)[C@H](CC)N(c1ccc(C)c(C)c1)S(C)(=O)=O)c1ccc2c(c1)CCCC2. The molecule has 0 heterocycles. The number of anilines is 1. The van der Waals surface area contributed by atoms with E-state index in [0.717, 1.165) is 36.0 Å². The number of nitrogens with zero attached hydrogens (tertiary/aromatic N) is 1. The lowest BCUT2D eigenvalue weighted by molar-refractivity contribution is -0.123. The number of hydrogen-bond donors (Lipinski definition) is 1. The first-order chi connectivity index (χ1) is 15.2. The molecule has 0 saturated heterocycles. The number of benzene rings is 2. The Bertz CT molecular complexity index is 1080. The quantitative estimate of drug-likeness (QED) is 0.608. The Hall–Kier alpha value is -2.34. The molecular weight excluding hydrogens is 420 g/mol. The summed E-state index contributed by atoms with van der Waals surface area (Å²) < 4.78 is 26.8. The van der Waals surface area contributed by atoms with Crippen molar-refractivity contribution >= 4 is 21.6 Å². The van der Waals surface area contributed by atoms with Gasteiger partial charge in [0.2, 0.25) is 15.9 Å². The van der Waals surface area contributed by atoms with Crippen LogP contribution in [0.5, 0.6) is 0 Å². The predicted molar refractivity (Wildman–Crippen MR) is 132 cm³/mol. The van der Waals surface area contributed by atoms with Gasteiger partial charge in [0, 0.05) is 0 Å². The summed E-state index contributed by atoms with van der Waals surface area (Å²) in [5.74, 6) is -0.263. The molecule has 1 aliphatic carbocycles. The number of fused-ring (bicyclic) bond motifs is 1. The van der Waals surface area contributed by atoms with Crippen molar-refractivity contribution in [2.75, 3.05) is 10.6 Å². The number of carbonyl (C=O) groups excluding carboxylic acids is 1. The molecule has 2 atom stereocenters. The lowest BCUT2D eigenvalue weighted by Gasteiger charge is -2.32. The van der Waals surface area contributed by atoms with Crippen molar-refractivity contribution in [3.05, 3.63) is 64.2 Å². The fraction of sp³-hybridized carbons (Fsp3) is 0.500. The van der Waals surface area contributed by atoms with Gasteiger partial charge in [-0.25, -0.2) is 8.42 Å². The number of aryl methyl sites for hydroxylation is 4. The maximum Gasteiger partial charge on any atom is 0.244 e. The molecule has 0 saturated carbocycles. The van der Waals surface area contributed by atoms with E-state index in [-0.39, 0.29) is 11.9 Å². The Morgan fingerprint density at radius 2 is 1.66 bits per heavy atom. The summed E-state index contributed by atoms with van der Waals surface area (Å²) in [5.41, 5.74) is 6.48. The topological polar surface area (TPSA) is 66.5 Å². The average molecular weight is 457 g/mol. The molecule has 0 unspecified atom stereocenters. The molecule has 2 aromatic rings. The molecule has 1 aliphatic rings. The zero-order valence-corrected chi connectivity index (χ0v) is 20.8. The number of hydrogen-bond acceptors (Lipinski definition) is 3. The van der Waals surface area contributed by atoms with Crippen LogP contribution in [0.4, 0.5) is 5.69 Å². The minimum atomic E-state index is -3.65. The van der Waals surface area contributed by atoms with Gasteiger partial charge in [-0.05, 0) is 92.3 Å². The van der Waals surface area contributed by atoms with Gasteiger partial charge < -0.3 is 5.32 Å². The van der Waals surface area contributed by atoms with Crippen LogP contribution < -0.4 is 9.62 Å². The molecule has 32 heavy (non-hydrogen) atoms. The van der Waals surface area contributed by atoms with Crippen LogP contribution in [-0.4, -0.2) is 26.6 Å². The molecule has 2 aromatic carbocycles. The van der Waals surface area contributed by atoms with E-state index in [4.69, 9.17) is 0 Å². The summed E-state index contributed by atoms with van der Waals surface area (Å²) in [6.45, 7) is 7.83. The fourth-order valence-corrected chi connectivity index (χ4v) is 5.79. The van der Waals surface area contributed by atoms with E-state index in [1.165, 1.54) is 34.5 Å². The summed E-state index contributed by atoms with van der Waals surface area (Å²) in [6.07, 6.45) is 6.93. The number of carbonyl (C=O) groups is 1. The Morgan fingerprint density at radius 1 is 0.969 bits per heavy atom. The van der Waals surface area contributed by atoms with E-state index in [9.17, 15) is 13.2 Å². The van der Waals surface area contributed by atoms with E-state index in [2.05, 4.69) is 23.5 Å². The van der Waals surface area contributed by atoms with Gasteiger partial charge in [-0.3, -0.25) is 9.10 Å². The zero-order valence-electron chi connectivity index (χ0n) is 19.9. The smallest absolute Gasteiger partial charge is 0.244 e. The number of nitrogens with one attached hydrogen (secondary N) is 1. The van der Waals surface area contributed by atoms with Crippen molar-refractivity contribution in [2.45, 2.75) is 78.3 Å². The standard InChI is InChI=1S/C26H36N2O3S/c1-6-24(22-14-13-20-10-8-9-11-21(20)17-22)27-26(29)25(7-2)28(32(5,30)31)23-15-12-18(3)19(4)16-23/h12-17,24-25H,6-11H2,1-5H3,(H,27,29)/t24-,25-/m0/s1. The van der Waals surface area contributed by atoms with E-state index in [1.807, 2.05) is 39.8 Å². The monoisotopic (exact) mass is 456 g/mol. The van der Waals surface area contributed by atoms with E-state index in [1.54, 1.807) is 6.07 Å². The Labute approximate surface area is 193 Å². The second-order valence-electron chi connectivity index (χ2n) is 8.96. The van der Waals surface area contributed by atoms with Crippen LogP contribution in [0.15, 0.2) is 36.4 Å². The van der Waals surface area contributed by atoms with Gasteiger partial charge >= 0.3 is 0 Å². The van der Waals surface area contributed by atoms with Crippen molar-refractivity contribution in [3.8, 4) is 0 Å². The Kier molecular flexibility index (Phi) is 7.65. The van der Waals surface area contributed by atoms with Crippen LogP contribution in [0.3, 0.4) is 0 Å². The van der Waals surface area contributed by atoms with Crippen LogP contribution in [0.1, 0.15) is 73.4 Å². The lowest BCUT2D eigenvalue weighted by atomic mass is 9.88. The third kappa shape index (κ3) is 5.34. The van der Waals surface area contributed by atoms with E-state index >= 15 is 0 Å². The third-order valence-corrected chi connectivity index (χ3v) is 7.75. The maximum atomic E-state index is 13.4. The molecule has 1 amide bonds. The molecule has 0 aromatic heterocycles. The zero-order chi connectivity index (χ0) is 23.5. The van der Waals surface area contributed by atoms with Crippen molar-refractivity contribution in [3.63, 3.8) is 0 Å². The first-order valence-corrected chi connectivity index (χ1v) is 13.5. The first-order valence-electron chi connectivity index (χ1n) is 11.6. The van der Waals surface area contributed by atoms with Gasteiger partial charge in [0.15, 0.2) is 0 Å². The van der Waals surface area contributed by atoms with Gasteiger partial charge in [0.25, 0.3) is 0 Å². The van der Waals surface area contributed by atoms with Gasteiger partial charge in [-0.15, -0.1) is 0 Å². The second-order valence-corrected chi connectivity index (χ2v) is 10.8. The highest BCUT2D eigenvalue weighted by molar-refractivity contribution is 7.92. The Morgan fingerprint density at radius 3 is 2.25 bits per heavy atom. The normalized spacial score (nSPS) is 15.5. The summed E-state index contributed by atoms with van der Waals surface area (Å²) in [5, 5.41) is 3.14. The van der Waals surface area contributed by atoms with Gasteiger partial charge in [-0.1, -0.05) is 38.1 Å². The van der Waals surface area contributed by atoms with Crippen molar-refractivity contribution < 1.29 is 13.2 Å². The highest BCUT2D eigenvalue weighted by atomic mass is 32.2. The van der Waals surface area contributed by atoms with E-state index in [0.29, 0.717) is 12.1 Å². The van der Waals surface area contributed by atoms with Crippen molar-refractivity contribution in [2.24, 2.45) is 0 Å². The average Bonchev–Trinajstić information content (AvgIpc) is 2.76. The molecular formula is C26H36N2O3S. The summed E-state index contributed by atoms with van der Waals surface area (Å²) in [7, 11) is -3.65. The minimum absolute atomic E-state index is 0.148. The number of sulfonamides is 1. The molecule has 0 spiro atoms. The number of rotatable bonds is 8. The van der Waals surface area contributed by atoms with Crippen LogP contribution in [0.2, 0.25) is 0 Å². The molecule has 3 rings (SSSR count). The minimum Gasteiger partial charge on any atom is -0.347 e. The summed E-state index contributed by atoms with van der Waals surface area (Å²) in [6, 6.07) is 11.1. The predicted octanol–water partition coefficient (Wildman–Crippen LogP) is 4.99. The molecule has 174 valence electrons. The first kappa shape index (κ1) is 24.3. The molecule has 0 fully saturated rings. The lowest BCUT2D eigenvalue weighted by Crippen LogP contribution is -2.50. The molecule has 6 heteroatoms. The van der Waals surface area contributed by atoms with Crippen LogP contribution in [-0.2, 0) is 27.7 Å². The van der Waals surface area contributed by atoms with Crippen molar-refractivity contribution in [1.29, 1.82) is 0 Å². The highest BCUT2D eigenvalue weighted by Gasteiger charge is 2.32. The maximum absolute atomic E-state index is 13.4. The molecule has 0 bridgehead atoms. The second kappa shape index (κ2) is 10.1. The number of amides is 1. The third-order valence-electron chi connectivity index (χ3n) is 6.57. The summed E-state index contributed by atoms with van der Waals surface area (Å²) >= 11 is 0. The van der Waals surface area contributed by atoms with Crippen LogP contribution in [0, 0.1) is 13.8 Å². The van der Waals surface area contributed by atoms with Gasteiger partial charge in [0.1, 0.15) is 6.04 Å². The fourth-order valence-electron chi connectivity index (χ4n) is 4.58. The van der Waals surface area contributed by atoms with Crippen molar-refractivity contribution in [1.82, 2.24) is 5.32 Å². The van der Waals surface area contributed by atoms with Gasteiger partial charge in [-0.2, -0.15) is 0 Å². The largest absolute Gasteiger partial charge is 0.347 e. The van der Waals surface area contributed by atoms with Crippen LogP contribution in [0.25, 0.3) is 0 Å². The molecule has 5 nitrogen and oxygen atoms in total. The van der Waals surface area contributed by atoms with Gasteiger partial charge in [0.05, 0.1) is 18.0 Å². The van der Waals surface area contributed by atoms with E-state index < -0.39 is 16.1 Å². The Balaban J connectivity index is 1.89. The summed E-state index contributed by atoms with van der Waals surface area (Å²) in [4.78, 5) is 13.4. The van der Waals surface area contributed by atoms with Crippen LogP contribution >= 0.6 is 0 Å². The molecule has 0 radical (unpaired) electrons. The highest BCUT2D eigenvalue weighted by Crippen LogP contribution is 2.28. The molecule has 0 aliphatic heterocycles.